The van der Waals surface area contributed by atoms with E-state index in [1.165, 1.54) is 0 Å². The molecular weight excluding hydrogens is 284 g/mol. The van der Waals surface area contributed by atoms with Crippen LogP contribution < -0.4 is 14.8 Å². The van der Waals surface area contributed by atoms with Crippen LogP contribution in [0.2, 0.25) is 0 Å². The summed E-state index contributed by atoms with van der Waals surface area (Å²) >= 11 is 1.68. The van der Waals surface area contributed by atoms with Crippen LogP contribution in [0.5, 0.6) is 11.5 Å². The Morgan fingerprint density at radius 2 is 2.10 bits per heavy atom. The first-order chi connectivity index (χ1) is 10.3. The molecule has 1 N–H and O–H groups in total. The third kappa shape index (κ3) is 3.19. The van der Waals surface area contributed by atoms with E-state index in [0.717, 1.165) is 40.7 Å². The summed E-state index contributed by atoms with van der Waals surface area (Å²) in [5.74, 6) is 1.66. The predicted molar refractivity (Wildman–Crippen MR) is 84.4 cm³/mol. The molecule has 0 saturated heterocycles. The maximum Gasteiger partial charge on any atom is 0.161 e. The van der Waals surface area contributed by atoms with Gasteiger partial charge in [0.25, 0.3) is 0 Å². The lowest BCUT2D eigenvalue weighted by Gasteiger charge is -2.22. The van der Waals surface area contributed by atoms with Crippen LogP contribution in [0.25, 0.3) is 0 Å². The van der Waals surface area contributed by atoms with Gasteiger partial charge in [0.2, 0.25) is 0 Å². The van der Waals surface area contributed by atoms with Gasteiger partial charge in [0, 0.05) is 5.38 Å². The minimum atomic E-state index is 0.103. The minimum absolute atomic E-state index is 0.103. The molecule has 1 atom stereocenters. The first-order valence-electron chi connectivity index (χ1n) is 7.33. The number of fused-ring (bicyclic) bond motifs is 1. The Balaban J connectivity index is 1.92. The van der Waals surface area contributed by atoms with Gasteiger partial charge in [0.15, 0.2) is 11.5 Å². The number of aryl methyl sites for hydroxylation is 1. The molecule has 112 valence electrons. The van der Waals surface area contributed by atoms with Gasteiger partial charge in [-0.2, -0.15) is 0 Å². The number of thiazole rings is 1. The third-order valence-corrected chi connectivity index (χ3v) is 4.22. The maximum atomic E-state index is 5.69. The summed E-state index contributed by atoms with van der Waals surface area (Å²) in [7, 11) is 0. The van der Waals surface area contributed by atoms with Crippen LogP contribution in [-0.2, 0) is 0 Å². The fraction of sp³-hybridized carbons (Fsp3) is 0.438. The molecule has 0 radical (unpaired) electrons. The normalized spacial score (nSPS) is 15.0. The molecule has 0 fully saturated rings. The minimum Gasteiger partial charge on any atom is -0.486 e. The van der Waals surface area contributed by atoms with Crippen LogP contribution in [0.3, 0.4) is 0 Å². The number of nitrogens with zero attached hydrogens (tertiary/aromatic N) is 1. The maximum absolute atomic E-state index is 5.69. The first-order valence-corrected chi connectivity index (χ1v) is 8.21. The summed E-state index contributed by atoms with van der Waals surface area (Å²) < 4.78 is 11.3. The van der Waals surface area contributed by atoms with Gasteiger partial charge in [0.1, 0.15) is 13.2 Å². The molecule has 4 nitrogen and oxygen atoms in total. The van der Waals surface area contributed by atoms with E-state index >= 15 is 0 Å². The molecule has 21 heavy (non-hydrogen) atoms. The van der Waals surface area contributed by atoms with Crippen molar-refractivity contribution < 1.29 is 9.47 Å². The highest BCUT2D eigenvalue weighted by Gasteiger charge is 2.19. The summed E-state index contributed by atoms with van der Waals surface area (Å²) in [5.41, 5.74) is 2.24. The summed E-state index contributed by atoms with van der Waals surface area (Å²) in [4.78, 5) is 4.64. The molecule has 3 rings (SSSR count). The zero-order chi connectivity index (χ0) is 14.7. The molecule has 5 heteroatoms. The molecule has 0 bridgehead atoms. The summed E-state index contributed by atoms with van der Waals surface area (Å²) in [6.07, 6.45) is 1.09. The van der Waals surface area contributed by atoms with E-state index in [2.05, 4.69) is 34.7 Å². The zero-order valence-electron chi connectivity index (χ0n) is 12.4. The van der Waals surface area contributed by atoms with Crippen molar-refractivity contribution in [3.05, 3.63) is 39.8 Å². The Labute approximate surface area is 129 Å². The second kappa shape index (κ2) is 6.45. The number of ether oxygens (including phenoxy) is 2. The van der Waals surface area contributed by atoms with Crippen LogP contribution in [0, 0.1) is 6.92 Å². The van der Waals surface area contributed by atoms with Gasteiger partial charge in [-0.3, -0.25) is 0 Å². The largest absolute Gasteiger partial charge is 0.486 e. The Morgan fingerprint density at radius 3 is 2.81 bits per heavy atom. The summed E-state index contributed by atoms with van der Waals surface area (Å²) in [5, 5.41) is 6.78. The molecule has 0 aliphatic carbocycles. The topological polar surface area (TPSA) is 43.4 Å². The lowest BCUT2D eigenvalue weighted by molar-refractivity contribution is 0.171. The zero-order valence-corrected chi connectivity index (χ0v) is 13.2. The number of aromatic nitrogens is 1. The van der Waals surface area contributed by atoms with E-state index in [1.54, 1.807) is 11.3 Å². The SMILES string of the molecule is CCCNC(c1ccc2c(c1)OCCO2)c1csc(C)n1. The van der Waals surface area contributed by atoms with Crippen molar-refractivity contribution in [3.63, 3.8) is 0 Å². The van der Waals surface area contributed by atoms with Crippen molar-refractivity contribution in [2.24, 2.45) is 0 Å². The predicted octanol–water partition coefficient (Wildman–Crippen LogP) is 3.31. The first kappa shape index (κ1) is 14.4. The van der Waals surface area contributed by atoms with Gasteiger partial charge in [-0.25, -0.2) is 4.98 Å². The smallest absolute Gasteiger partial charge is 0.161 e. The van der Waals surface area contributed by atoms with Gasteiger partial charge in [-0.15, -0.1) is 11.3 Å². The van der Waals surface area contributed by atoms with Crippen molar-refractivity contribution in [2.75, 3.05) is 19.8 Å². The molecule has 1 aliphatic heterocycles. The van der Waals surface area contributed by atoms with Crippen LogP contribution in [-0.4, -0.2) is 24.7 Å². The van der Waals surface area contributed by atoms with Crippen molar-refractivity contribution in [3.8, 4) is 11.5 Å². The second-order valence-corrected chi connectivity index (χ2v) is 6.14. The second-order valence-electron chi connectivity index (χ2n) is 5.08. The van der Waals surface area contributed by atoms with Gasteiger partial charge >= 0.3 is 0 Å². The van der Waals surface area contributed by atoms with E-state index in [-0.39, 0.29) is 6.04 Å². The molecule has 0 amide bonds. The summed E-state index contributed by atoms with van der Waals surface area (Å²) in [6, 6.07) is 6.25. The highest BCUT2D eigenvalue weighted by atomic mass is 32.1. The van der Waals surface area contributed by atoms with E-state index in [4.69, 9.17) is 9.47 Å². The lowest BCUT2D eigenvalue weighted by Crippen LogP contribution is -2.24. The number of hydrogen-bond donors (Lipinski definition) is 1. The van der Waals surface area contributed by atoms with E-state index in [0.29, 0.717) is 13.2 Å². The van der Waals surface area contributed by atoms with Crippen molar-refractivity contribution in [1.82, 2.24) is 10.3 Å². The average Bonchev–Trinajstić information content (AvgIpc) is 2.94. The van der Waals surface area contributed by atoms with Crippen molar-refractivity contribution >= 4 is 11.3 Å². The Hall–Kier alpha value is -1.59. The van der Waals surface area contributed by atoms with E-state index in [1.807, 2.05) is 13.0 Å². The monoisotopic (exact) mass is 304 g/mol. The molecule has 1 aromatic heterocycles. The standard InChI is InChI=1S/C16H20N2O2S/c1-3-6-17-16(13-10-21-11(2)18-13)12-4-5-14-15(9-12)20-8-7-19-14/h4-5,9-10,16-17H,3,6-8H2,1-2H3. The van der Waals surface area contributed by atoms with Crippen LogP contribution in [0.4, 0.5) is 0 Å². The molecule has 1 unspecified atom stereocenters. The molecule has 0 spiro atoms. The van der Waals surface area contributed by atoms with Crippen LogP contribution in [0.15, 0.2) is 23.6 Å². The molecule has 2 heterocycles. The van der Waals surface area contributed by atoms with Gasteiger partial charge in [-0.1, -0.05) is 13.0 Å². The molecule has 1 aliphatic rings. The van der Waals surface area contributed by atoms with Crippen LogP contribution >= 0.6 is 11.3 Å². The van der Waals surface area contributed by atoms with Crippen molar-refractivity contribution in [2.45, 2.75) is 26.3 Å². The van der Waals surface area contributed by atoms with Crippen LogP contribution in [0.1, 0.15) is 35.7 Å². The van der Waals surface area contributed by atoms with Crippen molar-refractivity contribution in [1.29, 1.82) is 0 Å². The van der Waals surface area contributed by atoms with Gasteiger partial charge < -0.3 is 14.8 Å². The fourth-order valence-electron chi connectivity index (χ4n) is 2.43. The Morgan fingerprint density at radius 1 is 1.29 bits per heavy atom. The van der Waals surface area contributed by atoms with Gasteiger partial charge in [0.05, 0.1) is 16.7 Å². The summed E-state index contributed by atoms with van der Waals surface area (Å²) in [6.45, 7) is 6.39. The number of nitrogens with one attached hydrogen (secondary N) is 1. The molecule has 2 aromatic rings. The average molecular weight is 304 g/mol. The Bertz CT molecular complexity index is 612. The number of rotatable bonds is 5. The number of hydrogen-bond acceptors (Lipinski definition) is 5. The molecular formula is C16H20N2O2S. The Kier molecular flexibility index (Phi) is 4.41. The lowest BCUT2D eigenvalue weighted by atomic mass is 10.0. The van der Waals surface area contributed by atoms with E-state index < -0.39 is 0 Å². The van der Waals surface area contributed by atoms with E-state index in [9.17, 15) is 0 Å². The van der Waals surface area contributed by atoms with Gasteiger partial charge in [-0.05, 0) is 37.6 Å². The highest BCUT2D eigenvalue weighted by molar-refractivity contribution is 7.09. The molecule has 0 saturated carbocycles. The number of benzene rings is 1. The quantitative estimate of drug-likeness (QED) is 0.920. The third-order valence-electron chi connectivity index (χ3n) is 3.43. The molecule has 1 aromatic carbocycles. The fourth-order valence-corrected chi connectivity index (χ4v) is 3.07. The highest BCUT2D eigenvalue weighted by Crippen LogP contribution is 2.34.